The summed E-state index contributed by atoms with van der Waals surface area (Å²) in [7, 11) is 0. The lowest BCUT2D eigenvalue weighted by Gasteiger charge is -2.21. The number of rotatable bonds is 7. The fraction of sp³-hybridized carbons (Fsp3) is 0.400. The number of hydrogen-bond donors (Lipinski definition) is 2. The van der Waals surface area contributed by atoms with E-state index in [1.54, 1.807) is 29.2 Å². The summed E-state index contributed by atoms with van der Waals surface area (Å²) in [6, 6.07) is 7.60. The molecule has 2 rings (SSSR count). The van der Waals surface area contributed by atoms with Gasteiger partial charge in [0.25, 0.3) is 0 Å². The lowest BCUT2D eigenvalue weighted by atomic mass is 10.00. The maximum atomic E-state index is 13.1. The summed E-state index contributed by atoms with van der Waals surface area (Å²) in [4.78, 5) is 17.0. The second-order valence-corrected chi connectivity index (χ2v) is 6.52. The van der Waals surface area contributed by atoms with Crippen molar-refractivity contribution < 1.29 is 28.2 Å². The van der Waals surface area contributed by atoms with Crippen LogP contribution in [0, 0.1) is 6.92 Å². The largest absolute Gasteiger partial charge is 0.433 e. The third kappa shape index (κ3) is 5.30. The molecule has 0 bridgehead atoms. The number of nitrogens with zero attached hydrogens (tertiary/aromatic N) is 2. The summed E-state index contributed by atoms with van der Waals surface area (Å²) in [5.41, 5.74) is 0.987. The number of aliphatic hydroxyl groups is 2. The maximum Gasteiger partial charge on any atom is 0.433 e. The molecule has 0 fully saturated rings. The van der Waals surface area contributed by atoms with E-state index in [0.29, 0.717) is 36.2 Å². The molecule has 0 spiro atoms. The molecule has 28 heavy (non-hydrogen) atoms. The van der Waals surface area contributed by atoms with E-state index in [-0.39, 0.29) is 18.2 Å². The van der Waals surface area contributed by atoms with E-state index in [2.05, 4.69) is 4.98 Å². The highest BCUT2D eigenvalue weighted by molar-refractivity contribution is 5.73. The van der Waals surface area contributed by atoms with Crippen LogP contribution in [0.1, 0.15) is 35.7 Å². The van der Waals surface area contributed by atoms with Crippen molar-refractivity contribution >= 4 is 5.91 Å². The van der Waals surface area contributed by atoms with Crippen LogP contribution >= 0.6 is 0 Å². The molecule has 1 aromatic carbocycles. The first-order chi connectivity index (χ1) is 13.2. The number of carbonyl (C=O) groups is 1. The van der Waals surface area contributed by atoms with E-state index in [1.165, 1.54) is 13.8 Å². The molecule has 0 radical (unpaired) electrons. The summed E-state index contributed by atoms with van der Waals surface area (Å²) >= 11 is 0. The van der Waals surface area contributed by atoms with Crippen molar-refractivity contribution in [2.24, 2.45) is 0 Å². The number of carbonyl (C=O) groups excluding carboxylic acids is 1. The highest BCUT2D eigenvalue weighted by Crippen LogP contribution is 2.33. The smallest absolute Gasteiger partial charge is 0.396 e. The number of pyridine rings is 1. The molecule has 2 aromatic rings. The van der Waals surface area contributed by atoms with Gasteiger partial charge in [0.1, 0.15) is 5.69 Å². The Morgan fingerprint density at radius 2 is 1.82 bits per heavy atom. The Kier molecular flexibility index (Phi) is 7.15. The molecular formula is C20H23F3N2O3. The van der Waals surface area contributed by atoms with Crippen molar-refractivity contribution in [3.8, 4) is 11.3 Å². The number of alkyl halides is 3. The minimum absolute atomic E-state index is 0.0206. The minimum Gasteiger partial charge on any atom is -0.396 e. The summed E-state index contributed by atoms with van der Waals surface area (Å²) in [5.74, 6) is -0.129. The zero-order valence-electron chi connectivity index (χ0n) is 15.8. The number of aromatic nitrogens is 1. The Morgan fingerprint density at radius 3 is 2.32 bits per heavy atom. The van der Waals surface area contributed by atoms with Crippen LogP contribution in [0.25, 0.3) is 11.3 Å². The first-order valence-electron chi connectivity index (χ1n) is 8.81. The fourth-order valence-electron chi connectivity index (χ4n) is 2.88. The van der Waals surface area contributed by atoms with E-state index < -0.39 is 18.5 Å². The Labute approximate surface area is 161 Å². The third-order valence-corrected chi connectivity index (χ3v) is 4.43. The van der Waals surface area contributed by atoms with Crippen LogP contribution in [0.5, 0.6) is 0 Å². The van der Waals surface area contributed by atoms with Gasteiger partial charge in [0.15, 0.2) is 0 Å². The van der Waals surface area contributed by atoms with Gasteiger partial charge >= 0.3 is 6.18 Å². The van der Waals surface area contributed by atoms with Crippen LogP contribution in [0.2, 0.25) is 0 Å². The zero-order valence-corrected chi connectivity index (χ0v) is 15.8. The van der Waals surface area contributed by atoms with E-state index in [9.17, 15) is 23.1 Å². The molecule has 5 nitrogen and oxygen atoms in total. The molecular weight excluding hydrogens is 373 g/mol. The predicted molar refractivity (Wildman–Crippen MR) is 98.1 cm³/mol. The number of amides is 1. The molecule has 2 N–H and O–H groups in total. The van der Waals surface area contributed by atoms with Gasteiger partial charge in [-0.3, -0.25) is 4.79 Å². The molecule has 0 aliphatic carbocycles. The monoisotopic (exact) mass is 396 g/mol. The van der Waals surface area contributed by atoms with Crippen molar-refractivity contribution in [3.05, 3.63) is 52.7 Å². The molecule has 0 atom stereocenters. The van der Waals surface area contributed by atoms with E-state index >= 15 is 0 Å². The lowest BCUT2D eigenvalue weighted by molar-refractivity contribution is -0.141. The average Bonchev–Trinajstić information content (AvgIpc) is 2.64. The van der Waals surface area contributed by atoms with Crippen LogP contribution in [-0.4, -0.2) is 39.2 Å². The molecule has 0 aliphatic heterocycles. The second kappa shape index (κ2) is 9.16. The maximum absolute atomic E-state index is 13.1. The van der Waals surface area contributed by atoms with Gasteiger partial charge in [-0.25, -0.2) is 4.98 Å². The lowest BCUT2D eigenvalue weighted by Crippen LogP contribution is -2.29. The molecule has 0 unspecified atom stereocenters. The highest BCUT2D eigenvalue weighted by atomic mass is 19.4. The van der Waals surface area contributed by atoms with Crippen LogP contribution in [0.15, 0.2) is 30.3 Å². The van der Waals surface area contributed by atoms with Crippen molar-refractivity contribution in [2.45, 2.75) is 39.6 Å². The molecule has 1 amide bonds. The van der Waals surface area contributed by atoms with Crippen molar-refractivity contribution in [3.63, 3.8) is 0 Å². The molecule has 1 aromatic heterocycles. The highest BCUT2D eigenvalue weighted by Gasteiger charge is 2.33. The van der Waals surface area contributed by atoms with Gasteiger partial charge in [-0.05, 0) is 30.5 Å². The zero-order chi connectivity index (χ0) is 20.9. The van der Waals surface area contributed by atoms with Gasteiger partial charge in [-0.2, -0.15) is 13.2 Å². The predicted octanol–water partition coefficient (Wildman–Crippen LogP) is 3.30. The standard InChI is InChI=1S/C20H23F3N2O3/c1-13-10-18(20(21,22)23)24-19(17(13)12-27)16-6-4-15(5-7-16)11-25(14(2)28)8-3-9-26/h4-7,10,26-27H,3,8-9,11-12H2,1-2H3. The minimum atomic E-state index is -4.58. The molecule has 0 saturated carbocycles. The fourth-order valence-corrected chi connectivity index (χ4v) is 2.88. The molecule has 0 saturated heterocycles. The normalized spacial score (nSPS) is 11.5. The van der Waals surface area contributed by atoms with Gasteiger partial charge in [-0.15, -0.1) is 0 Å². The van der Waals surface area contributed by atoms with Crippen LogP contribution < -0.4 is 0 Å². The number of aryl methyl sites for hydroxylation is 1. The molecule has 1 heterocycles. The third-order valence-electron chi connectivity index (χ3n) is 4.43. The Morgan fingerprint density at radius 1 is 1.18 bits per heavy atom. The van der Waals surface area contributed by atoms with Crippen LogP contribution in [-0.2, 0) is 24.1 Å². The first-order valence-corrected chi connectivity index (χ1v) is 8.81. The Balaban J connectivity index is 2.34. The second-order valence-electron chi connectivity index (χ2n) is 6.52. The van der Waals surface area contributed by atoms with Crippen molar-refractivity contribution in [1.82, 2.24) is 9.88 Å². The molecule has 0 aliphatic rings. The van der Waals surface area contributed by atoms with Crippen LogP contribution in [0.4, 0.5) is 13.2 Å². The Bertz CT molecular complexity index is 821. The SMILES string of the molecule is CC(=O)N(CCCO)Cc1ccc(-c2nc(C(F)(F)F)cc(C)c2CO)cc1. The van der Waals surface area contributed by atoms with E-state index in [4.69, 9.17) is 5.11 Å². The van der Waals surface area contributed by atoms with Gasteiger partial charge in [-0.1, -0.05) is 24.3 Å². The Hall–Kier alpha value is -2.45. The molecule has 8 heteroatoms. The number of hydrogen-bond acceptors (Lipinski definition) is 4. The average molecular weight is 396 g/mol. The number of benzene rings is 1. The van der Waals surface area contributed by atoms with Gasteiger partial charge < -0.3 is 15.1 Å². The first kappa shape index (κ1) is 21.8. The number of aliphatic hydroxyl groups excluding tert-OH is 2. The summed E-state index contributed by atoms with van der Waals surface area (Å²) in [5, 5.41) is 18.5. The summed E-state index contributed by atoms with van der Waals surface area (Å²) in [6.07, 6.45) is -4.12. The van der Waals surface area contributed by atoms with Crippen molar-refractivity contribution in [1.29, 1.82) is 0 Å². The van der Waals surface area contributed by atoms with Crippen molar-refractivity contribution in [2.75, 3.05) is 13.2 Å². The van der Waals surface area contributed by atoms with Gasteiger partial charge in [0.05, 0.1) is 12.3 Å². The van der Waals surface area contributed by atoms with E-state index in [1.807, 2.05) is 0 Å². The topological polar surface area (TPSA) is 73.7 Å². The molecule has 152 valence electrons. The van der Waals surface area contributed by atoms with E-state index in [0.717, 1.165) is 11.6 Å². The van der Waals surface area contributed by atoms with Gasteiger partial charge in [0.2, 0.25) is 5.91 Å². The quantitative estimate of drug-likeness (QED) is 0.753. The summed E-state index contributed by atoms with van der Waals surface area (Å²) in [6.45, 7) is 3.25. The summed E-state index contributed by atoms with van der Waals surface area (Å²) < 4.78 is 39.3. The number of halogens is 3. The van der Waals surface area contributed by atoms with Crippen LogP contribution in [0.3, 0.4) is 0 Å². The van der Waals surface area contributed by atoms with Gasteiger partial charge in [0, 0.05) is 37.7 Å².